The summed E-state index contributed by atoms with van der Waals surface area (Å²) in [5.74, 6) is -1.16. The Hall–Kier alpha value is -1.95. The normalized spacial score (nSPS) is 9.68. The Balaban J connectivity index is 2.97. The maximum atomic E-state index is 11.5. The fraction of sp³-hybridized carbons (Fsp3) is 0.333. The minimum atomic E-state index is -0.975. The highest BCUT2D eigenvalue weighted by Crippen LogP contribution is 2.35. The summed E-state index contributed by atoms with van der Waals surface area (Å²) in [6.07, 6.45) is 0. The van der Waals surface area contributed by atoms with Crippen LogP contribution in [0.4, 0.5) is 5.69 Å². The van der Waals surface area contributed by atoms with Crippen molar-refractivity contribution in [3.63, 3.8) is 0 Å². The van der Waals surface area contributed by atoms with Crippen LogP contribution in [0.5, 0.6) is 11.5 Å². The largest absolute Gasteiger partial charge is 0.495 e. The number of methoxy groups -OCH3 is 2. The van der Waals surface area contributed by atoms with Crippen molar-refractivity contribution >= 4 is 29.2 Å². The van der Waals surface area contributed by atoms with E-state index in [-0.39, 0.29) is 17.3 Å². The Bertz CT molecular complexity index is 489. The number of anilines is 1. The molecule has 1 aromatic rings. The first kappa shape index (κ1) is 15.1. The van der Waals surface area contributed by atoms with Gasteiger partial charge >= 0.3 is 11.9 Å². The van der Waals surface area contributed by atoms with Gasteiger partial charge in [0.1, 0.15) is 11.5 Å². The van der Waals surface area contributed by atoms with Crippen LogP contribution >= 0.6 is 11.6 Å². The maximum Gasteiger partial charge on any atom is 0.397 e. The molecule has 0 saturated carbocycles. The highest BCUT2D eigenvalue weighted by molar-refractivity contribution is 6.38. The molecule has 0 radical (unpaired) electrons. The van der Waals surface area contributed by atoms with Crippen molar-refractivity contribution in [3.05, 3.63) is 17.2 Å². The van der Waals surface area contributed by atoms with E-state index in [1.165, 1.54) is 26.4 Å². The fourth-order valence-corrected chi connectivity index (χ4v) is 1.57. The van der Waals surface area contributed by atoms with E-state index in [2.05, 4.69) is 10.1 Å². The molecule has 0 heterocycles. The summed E-state index contributed by atoms with van der Waals surface area (Å²) in [4.78, 5) is 22.7. The van der Waals surface area contributed by atoms with E-state index in [4.69, 9.17) is 21.1 Å². The molecule has 0 fully saturated rings. The average molecular weight is 288 g/mol. The third-order valence-electron chi connectivity index (χ3n) is 2.18. The highest BCUT2D eigenvalue weighted by Gasteiger charge is 2.18. The van der Waals surface area contributed by atoms with Gasteiger partial charge < -0.3 is 19.5 Å². The molecule has 0 bridgehead atoms. The summed E-state index contributed by atoms with van der Waals surface area (Å²) < 4.78 is 14.7. The van der Waals surface area contributed by atoms with Crippen LogP contribution in [0.1, 0.15) is 6.92 Å². The summed E-state index contributed by atoms with van der Waals surface area (Å²) in [5, 5.41) is 2.64. The van der Waals surface area contributed by atoms with Crippen LogP contribution in [0.15, 0.2) is 12.1 Å². The standard InChI is InChI=1S/C12H14ClNO5/c1-4-19-12(16)11(15)14-8-5-7(13)9(17-2)6-10(8)18-3/h5-6H,4H2,1-3H3,(H,14,15). The molecule has 0 aliphatic heterocycles. The lowest BCUT2D eigenvalue weighted by molar-refractivity contribution is -0.152. The van der Waals surface area contributed by atoms with E-state index in [1.807, 2.05) is 0 Å². The second-order valence-corrected chi connectivity index (χ2v) is 3.77. The number of carbonyl (C=O) groups excluding carboxylic acids is 2. The number of hydrogen-bond acceptors (Lipinski definition) is 5. The Morgan fingerprint density at radius 2 is 1.84 bits per heavy atom. The average Bonchev–Trinajstić information content (AvgIpc) is 2.39. The maximum absolute atomic E-state index is 11.5. The molecule has 0 spiro atoms. The number of amides is 1. The SMILES string of the molecule is CCOC(=O)C(=O)Nc1cc(Cl)c(OC)cc1OC. The number of nitrogens with one attached hydrogen (secondary N) is 1. The zero-order valence-corrected chi connectivity index (χ0v) is 11.5. The number of halogens is 1. The molecule has 104 valence electrons. The van der Waals surface area contributed by atoms with Crippen LogP contribution in [-0.2, 0) is 14.3 Å². The van der Waals surface area contributed by atoms with E-state index in [0.717, 1.165) is 0 Å². The van der Waals surface area contributed by atoms with Crippen molar-refractivity contribution in [1.29, 1.82) is 0 Å². The van der Waals surface area contributed by atoms with Crippen molar-refractivity contribution in [2.24, 2.45) is 0 Å². The van der Waals surface area contributed by atoms with Gasteiger partial charge in [-0.3, -0.25) is 4.79 Å². The van der Waals surface area contributed by atoms with E-state index in [9.17, 15) is 9.59 Å². The number of benzene rings is 1. The molecule has 0 atom stereocenters. The van der Waals surface area contributed by atoms with Crippen molar-refractivity contribution in [2.75, 3.05) is 26.1 Å². The van der Waals surface area contributed by atoms with Crippen LogP contribution < -0.4 is 14.8 Å². The summed E-state index contributed by atoms with van der Waals surface area (Å²) in [6.45, 7) is 1.72. The highest BCUT2D eigenvalue weighted by atomic mass is 35.5. The van der Waals surface area contributed by atoms with Crippen molar-refractivity contribution in [1.82, 2.24) is 0 Å². The molecule has 19 heavy (non-hydrogen) atoms. The van der Waals surface area contributed by atoms with Gasteiger partial charge in [0.15, 0.2) is 0 Å². The number of carbonyl (C=O) groups is 2. The van der Waals surface area contributed by atoms with Gasteiger partial charge in [-0.15, -0.1) is 0 Å². The zero-order valence-electron chi connectivity index (χ0n) is 10.8. The van der Waals surface area contributed by atoms with Crippen molar-refractivity contribution in [2.45, 2.75) is 6.92 Å². The summed E-state index contributed by atoms with van der Waals surface area (Å²) in [6, 6.07) is 2.93. The number of esters is 1. The minimum Gasteiger partial charge on any atom is -0.495 e. The predicted octanol–water partition coefficient (Wildman–Crippen LogP) is 1.86. The van der Waals surface area contributed by atoms with E-state index in [0.29, 0.717) is 11.5 Å². The number of ether oxygens (including phenoxy) is 3. The lowest BCUT2D eigenvalue weighted by Crippen LogP contribution is -2.25. The summed E-state index contributed by atoms with van der Waals surface area (Å²) in [5.41, 5.74) is 0.256. The molecular formula is C12H14ClNO5. The van der Waals surface area contributed by atoms with Crippen LogP contribution in [0.2, 0.25) is 5.02 Å². The van der Waals surface area contributed by atoms with Crippen molar-refractivity contribution < 1.29 is 23.8 Å². The van der Waals surface area contributed by atoms with Crippen LogP contribution in [0.25, 0.3) is 0 Å². The molecule has 1 rings (SSSR count). The van der Waals surface area contributed by atoms with Gasteiger partial charge in [-0.2, -0.15) is 0 Å². The monoisotopic (exact) mass is 287 g/mol. The van der Waals surface area contributed by atoms with E-state index < -0.39 is 11.9 Å². The lowest BCUT2D eigenvalue weighted by atomic mass is 10.2. The first-order valence-electron chi connectivity index (χ1n) is 5.43. The molecule has 6 nitrogen and oxygen atoms in total. The van der Waals surface area contributed by atoms with Gasteiger partial charge in [0, 0.05) is 6.07 Å². The molecule has 0 aliphatic rings. The first-order valence-corrected chi connectivity index (χ1v) is 5.80. The second-order valence-electron chi connectivity index (χ2n) is 3.36. The van der Waals surface area contributed by atoms with Crippen molar-refractivity contribution in [3.8, 4) is 11.5 Å². The number of hydrogen-bond donors (Lipinski definition) is 1. The molecular weight excluding hydrogens is 274 g/mol. The smallest absolute Gasteiger partial charge is 0.397 e. The molecule has 1 N–H and O–H groups in total. The lowest BCUT2D eigenvalue weighted by Gasteiger charge is -2.12. The van der Waals surface area contributed by atoms with Gasteiger partial charge in [0.25, 0.3) is 0 Å². The van der Waals surface area contributed by atoms with E-state index in [1.54, 1.807) is 6.92 Å². The Labute approximate surface area is 115 Å². The Morgan fingerprint density at radius 3 is 2.37 bits per heavy atom. The fourth-order valence-electron chi connectivity index (χ4n) is 1.33. The summed E-state index contributed by atoms with van der Waals surface area (Å²) in [7, 11) is 2.88. The number of rotatable bonds is 4. The summed E-state index contributed by atoms with van der Waals surface area (Å²) >= 11 is 5.93. The molecule has 7 heteroatoms. The Morgan fingerprint density at radius 1 is 1.21 bits per heavy atom. The van der Waals surface area contributed by atoms with Crippen LogP contribution in [0.3, 0.4) is 0 Å². The van der Waals surface area contributed by atoms with Gasteiger partial charge in [-0.1, -0.05) is 11.6 Å². The quantitative estimate of drug-likeness (QED) is 0.676. The molecule has 0 unspecified atom stereocenters. The second kappa shape index (κ2) is 6.84. The third-order valence-corrected chi connectivity index (χ3v) is 2.48. The first-order chi connectivity index (χ1) is 9.03. The third kappa shape index (κ3) is 3.75. The molecule has 0 saturated heterocycles. The van der Waals surface area contributed by atoms with Gasteiger partial charge in [0.05, 0.1) is 31.5 Å². The Kier molecular flexibility index (Phi) is 5.44. The topological polar surface area (TPSA) is 73.9 Å². The molecule has 1 amide bonds. The predicted molar refractivity (Wildman–Crippen MR) is 69.8 cm³/mol. The van der Waals surface area contributed by atoms with Gasteiger partial charge in [-0.25, -0.2) is 4.79 Å². The molecule has 0 aliphatic carbocycles. The van der Waals surface area contributed by atoms with Crippen LogP contribution in [-0.4, -0.2) is 32.7 Å². The minimum absolute atomic E-state index is 0.118. The van der Waals surface area contributed by atoms with E-state index >= 15 is 0 Å². The molecule has 1 aromatic carbocycles. The van der Waals surface area contributed by atoms with Gasteiger partial charge in [-0.05, 0) is 13.0 Å². The zero-order chi connectivity index (χ0) is 14.4. The van der Waals surface area contributed by atoms with Crippen LogP contribution in [0, 0.1) is 0 Å². The van der Waals surface area contributed by atoms with Gasteiger partial charge in [0.2, 0.25) is 0 Å². The molecule has 0 aromatic heterocycles.